The molecule has 0 radical (unpaired) electrons. The van der Waals surface area contributed by atoms with Crippen molar-refractivity contribution in [3.8, 4) is 100 Å². The molecule has 17 aromatic carbocycles. The first kappa shape index (κ1) is 61.3. The fraction of sp³-hybridized carbons (Fsp3) is 0.0400. The third-order valence-electron chi connectivity index (χ3n) is 21.6. The van der Waals surface area contributed by atoms with Crippen LogP contribution in [0.5, 0.6) is 0 Å². The molecule has 0 saturated heterocycles. The number of hydrogen-bond acceptors (Lipinski definition) is 2. The first-order chi connectivity index (χ1) is 50.8. The Labute approximate surface area is 603 Å². The Balaban J connectivity index is 0.868. The van der Waals surface area contributed by atoms with Gasteiger partial charge in [0.05, 0.1) is 0 Å². The molecular weight excluding hydrogens is 1240 g/mol. The predicted octanol–water partition coefficient (Wildman–Crippen LogP) is 25.5. The number of anilines is 6. The maximum atomic E-state index is 2.63. The summed E-state index contributed by atoms with van der Waals surface area (Å²) in [6, 6.07) is 141. The van der Waals surface area contributed by atoms with Gasteiger partial charge in [-0.3, -0.25) is 0 Å². The van der Waals surface area contributed by atoms with Gasteiger partial charge < -0.3 is 9.80 Å². The van der Waals surface area contributed by atoms with Gasteiger partial charge in [0.2, 0.25) is 0 Å². The van der Waals surface area contributed by atoms with Gasteiger partial charge in [-0.2, -0.15) is 0 Å². The normalized spacial score (nSPS) is 12.4. The molecule has 2 nitrogen and oxygen atoms in total. The van der Waals surface area contributed by atoms with E-state index in [2.05, 4.69) is 407 Å². The Hall–Kier alpha value is -12.8. The maximum absolute atomic E-state index is 2.63. The Morgan fingerprint density at radius 2 is 0.592 bits per heavy atom. The summed E-state index contributed by atoms with van der Waals surface area (Å²) in [5.41, 5.74) is 33.1. The Bertz CT molecular complexity index is 5940. The molecule has 0 spiro atoms. The van der Waals surface area contributed by atoms with Gasteiger partial charge in [-0.05, 0) is 208 Å². The van der Waals surface area contributed by atoms with Crippen LogP contribution in [0.15, 0.2) is 376 Å². The minimum absolute atomic E-state index is 0.160. The standard InChI is InChI=1S/C100H71BN2/c1-100(2,3)76-64-93-99-94(65-76)103(78-58-52-73(53-59-78)96-82(70-34-15-7-16-35-70)47-27-48-83(96)71-36-17-8-18-37-71)92-63-75(97-85-41-21-23-43-87(85)98(88-44-24-22-42-86(88)97)84-49-25-39-67-38-19-20-40-79(67)84)54-60-89(92)101(99)90-62-74(66-28-9-4-10-29-66)55-61-91(90)102(93)77-56-50-72(51-57-77)95-80(68-30-11-5-12-31-68)45-26-46-81(95)69-32-13-6-14-33-69/h4-65H,1-3H3. The molecule has 0 fully saturated rings. The topological polar surface area (TPSA) is 6.48 Å². The first-order valence-corrected chi connectivity index (χ1v) is 36.0. The van der Waals surface area contributed by atoms with Crippen LogP contribution in [0.2, 0.25) is 0 Å². The van der Waals surface area contributed by atoms with E-state index in [-0.39, 0.29) is 12.1 Å². The van der Waals surface area contributed by atoms with Gasteiger partial charge in [-0.1, -0.05) is 348 Å². The van der Waals surface area contributed by atoms with Crippen LogP contribution in [0.4, 0.5) is 34.1 Å². The lowest BCUT2D eigenvalue weighted by molar-refractivity contribution is 0.590. The van der Waals surface area contributed by atoms with E-state index in [1.54, 1.807) is 0 Å². The van der Waals surface area contributed by atoms with Crippen molar-refractivity contribution in [1.82, 2.24) is 0 Å². The van der Waals surface area contributed by atoms with Crippen molar-refractivity contribution < 1.29 is 0 Å². The van der Waals surface area contributed by atoms with Gasteiger partial charge >= 0.3 is 0 Å². The van der Waals surface area contributed by atoms with Crippen LogP contribution in [0.3, 0.4) is 0 Å². The minimum Gasteiger partial charge on any atom is -0.311 e. The zero-order valence-corrected chi connectivity index (χ0v) is 57.8. The molecule has 19 rings (SSSR count). The van der Waals surface area contributed by atoms with Gasteiger partial charge in [0.15, 0.2) is 0 Å². The second-order valence-corrected chi connectivity index (χ2v) is 28.6. The van der Waals surface area contributed by atoms with Crippen LogP contribution >= 0.6 is 0 Å². The van der Waals surface area contributed by atoms with Crippen LogP contribution in [-0.2, 0) is 5.41 Å². The van der Waals surface area contributed by atoms with Crippen molar-refractivity contribution in [3.05, 3.63) is 382 Å². The van der Waals surface area contributed by atoms with Crippen molar-refractivity contribution in [3.63, 3.8) is 0 Å². The van der Waals surface area contributed by atoms with Crippen molar-refractivity contribution >= 4 is 89.5 Å². The molecule has 0 atom stereocenters. The summed E-state index contributed by atoms with van der Waals surface area (Å²) in [5, 5.41) is 7.38. The number of benzene rings is 17. The third-order valence-corrected chi connectivity index (χ3v) is 21.6. The maximum Gasteiger partial charge on any atom is 0.252 e. The fourth-order valence-electron chi connectivity index (χ4n) is 16.8. The molecule has 17 aromatic rings. The van der Waals surface area contributed by atoms with Gasteiger partial charge in [0.25, 0.3) is 6.71 Å². The highest BCUT2D eigenvalue weighted by Crippen LogP contribution is 2.52. The van der Waals surface area contributed by atoms with Crippen LogP contribution in [0.1, 0.15) is 26.3 Å². The molecule has 0 amide bonds. The highest BCUT2D eigenvalue weighted by Gasteiger charge is 2.45. The molecule has 0 N–H and O–H groups in total. The Morgan fingerprint density at radius 1 is 0.223 bits per heavy atom. The van der Waals surface area contributed by atoms with E-state index in [9.17, 15) is 0 Å². The van der Waals surface area contributed by atoms with E-state index in [0.717, 1.165) is 39.4 Å². The lowest BCUT2D eigenvalue weighted by atomic mass is 9.33. The van der Waals surface area contributed by atoms with Crippen molar-refractivity contribution in [2.75, 3.05) is 9.80 Å². The van der Waals surface area contributed by atoms with Gasteiger partial charge in [-0.25, -0.2) is 0 Å². The largest absolute Gasteiger partial charge is 0.311 e. The molecule has 2 heterocycles. The van der Waals surface area contributed by atoms with Crippen molar-refractivity contribution in [2.24, 2.45) is 0 Å². The quantitative estimate of drug-likeness (QED) is 0.0941. The third kappa shape index (κ3) is 10.5. The molecule has 0 unspecified atom stereocenters. The summed E-state index contributed by atoms with van der Waals surface area (Å²) in [7, 11) is 0. The van der Waals surface area contributed by atoms with Crippen LogP contribution in [0.25, 0.3) is 132 Å². The molecule has 2 aliphatic rings. The highest BCUT2D eigenvalue weighted by atomic mass is 15.2. The van der Waals surface area contributed by atoms with Gasteiger partial charge in [0, 0.05) is 34.1 Å². The van der Waals surface area contributed by atoms with Crippen LogP contribution in [-0.4, -0.2) is 6.71 Å². The van der Waals surface area contributed by atoms with E-state index >= 15 is 0 Å². The number of rotatable bonds is 11. The molecule has 0 bridgehead atoms. The molecule has 484 valence electrons. The molecule has 0 aromatic heterocycles. The first-order valence-electron chi connectivity index (χ1n) is 36.0. The average molecular weight is 1310 g/mol. The second kappa shape index (κ2) is 25.1. The van der Waals surface area contributed by atoms with E-state index in [1.165, 1.54) is 149 Å². The summed E-state index contributed by atoms with van der Waals surface area (Å²) in [6.07, 6.45) is 0. The van der Waals surface area contributed by atoms with Crippen molar-refractivity contribution in [1.29, 1.82) is 0 Å². The van der Waals surface area contributed by atoms with E-state index < -0.39 is 0 Å². The van der Waals surface area contributed by atoms with Gasteiger partial charge in [0.1, 0.15) is 0 Å². The number of nitrogens with zero attached hydrogens (tertiary/aromatic N) is 2. The fourth-order valence-corrected chi connectivity index (χ4v) is 16.8. The lowest BCUT2D eigenvalue weighted by Crippen LogP contribution is -2.61. The SMILES string of the molecule is CC(C)(C)c1cc2c3c(c1)N(c1ccc(-c4c(-c5ccccc5)cccc4-c4ccccc4)cc1)c1cc(-c4c5ccccc5c(-c5cccc6ccccc56)c5ccccc45)ccc1B3c1cc(-c3ccccc3)ccc1N2c1ccc(-c2c(-c3ccccc3)cccc2-c2ccccc2)cc1. The summed E-state index contributed by atoms with van der Waals surface area (Å²) < 4.78 is 0. The van der Waals surface area contributed by atoms with Crippen molar-refractivity contribution in [2.45, 2.75) is 26.2 Å². The van der Waals surface area contributed by atoms with Gasteiger partial charge in [-0.15, -0.1) is 0 Å². The predicted molar refractivity (Wildman–Crippen MR) is 441 cm³/mol. The molecule has 103 heavy (non-hydrogen) atoms. The summed E-state index contributed by atoms with van der Waals surface area (Å²) in [5.74, 6) is 0. The monoisotopic (exact) mass is 1310 g/mol. The Kier molecular flexibility index (Phi) is 14.9. The Morgan fingerprint density at radius 3 is 1.06 bits per heavy atom. The van der Waals surface area contributed by atoms with Crippen LogP contribution in [0, 0.1) is 0 Å². The molecule has 2 aliphatic heterocycles. The number of hydrogen-bond donors (Lipinski definition) is 0. The zero-order chi connectivity index (χ0) is 68.7. The van der Waals surface area contributed by atoms with E-state index in [0.29, 0.717) is 0 Å². The average Bonchev–Trinajstić information content (AvgIpc) is 0.689. The van der Waals surface area contributed by atoms with Crippen LogP contribution < -0.4 is 26.2 Å². The number of fused-ring (bicyclic) bond motifs is 7. The zero-order valence-electron chi connectivity index (χ0n) is 57.8. The molecular formula is C100H71BN2. The molecule has 0 saturated carbocycles. The second-order valence-electron chi connectivity index (χ2n) is 28.6. The lowest BCUT2D eigenvalue weighted by Gasteiger charge is -2.45. The van der Waals surface area contributed by atoms with E-state index in [1.807, 2.05) is 0 Å². The smallest absolute Gasteiger partial charge is 0.252 e. The summed E-state index contributed by atoms with van der Waals surface area (Å²) in [6.45, 7) is 6.95. The summed E-state index contributed by atoms with van der Waals surface area (Å²) in [4.78, 5) is 5.21. The highest BCUT2D eigenvalue weighted by molar-refractivity contribution is 7.00. The molecule has 0 aliphatic carbocycles. The molecule has 3 heteroatoms. The van der Waals surface area contributed by atoms with E-state index in [4.69, 9.17) is 0 Å². The summed E-state index contributed by atoms with van der Waals surface area (Å²) >= 11 is 0. The minimum atomic E-state index is -0.251.